The van der Waals surface area contributed by atoms with Gasteiger partial charge in [-0.15, -0.1) is 0 Å². The fraction of sp³-hybridized carbons (Fsp3) is 0.235. The van der Waals surface area contributed by atoms with Crippen molar-refractivity contribution >= 4 is 44.6 Å². The molecule has 2 aromatic carbocycles. The minimum absolute atomic E-state index is 0.0420. The average Bonchev–Trinajstić information content (AvgIpc) is 3.00. The Kier molecular flexibility index (Phi) is 5.43. The summed E-state index contributed by atoms with van der Waals surface area (Å²) in [6.45, 7) is 0.346. The van der Waals surface area contributed by atoms with E-state index in [0.29, 0.717) is 24.4 Å². The van der Waals surface area contributed by atoms with Gasteiger partial charge in [-0.3, -0.25) is 19.2 Å². The number of nitro benzene ring substituents is 1. The third-order valence-electron chi connectivity index (χ3n) is 4.22. The molecule has 28 heavy (non-hydrogen) atoms. The molecule has 1 saturated heterocycles. The summed E-state index contributed by atoms with van der Waals surface area (Å²) in [5.41, 5.74) is 0.240. The molecule has 1 aliphatic rings. The molecule has 1 N–H and O–H groups in total. The lowest BCUT2D eigenvalue weighted by atomic mass is 10.1. The van der Waals surface area contributed by atoms with Gasteiger partial charge in [-0.05, 0) is 30.7 Å². The van der Waals surface area contributed by atoms with Gasteiger partial charge in [0.05, 0.1) is 39.7 Å². The van der Waals surface area contributed by atoms with Crippen molar-refractivity contribution in [3.8, 4) is 5.75 Å². The standard InChI is InChI=1S/C17H16ClN3O6S/c1-27-16-6-4-11(20-7-2-8-28(20,25)26)10-15(16)19-17(22)13-9-12(21(23)24)3-5-14(13)18/h3-6,9-10H,2,7-8H2,1H3,(H,19,22). The molecule has 2 aromatic rings. The smallest absolute Gasteiger partial charge is 0.270 e. The summed E-state index contributed by atoms with van der Waals surface area (Å²) >= 11 is 6.01. The number of halogens is 1. The topological polar surface area (TPSA) is 119 Å². The third-order valence-corrected chi connectivity index (χ3v) is 6.42. The molecule has 0 aliphatic carbocycles. The number of nitrogens with zero attached hydrogens (tertiary/aromatic N) is 2. The van der Waals surface area contributed by atoms with Gasteiger partial charge in [0.25, 0.3) is 11.6 Å². The second-order valence-electron chi connectivity index (χ2n) is 6.00. The number of nitrogens with one attached hydrogen (secondary N) is 1. The van der Waals surface area contributed by atoms with Crippen LogP contribution in [-0.4, -0.2) is 38.7 Å². The van der Waals surface area contributed by atoms with Crippen LogP contribution in [0.2, 0.25) is 5.02 Å². The largest absolute Gasteiger partial charge is 0.495 e. The van der Waals surface area contributed by atoms with Crippen LogP contribution in [-0.2, 0) is 10.0 Å². The fourth-order valence-corrected chi connectivity index (χ4v) is 4.63. The van der Waals surface area contributed by atoms with Gasteiger partial charge in [-0.25, -0.2) is 8.42 Å². The van der Waals surface area contributed by atoms with E-state index in [2.05, 4.69) is 5.32 Å². The van der Waals surface area contributed by atoms with E-state index >= 15 is 0 Å². The van der Waals surface area contributed by atoms with Gasteiger partial charge in [0, 0.05) is 18.7 Å². The highest BCUT2D eigenvalue weighted by atomic mass is 35.5. The highest BCUT2D eigenvalue weighted by Gasteiger charge is 2.29. The Morgan fingerprint density at radius 3 is 2.64 bits per heavy atom. The molecule has 148 valence electrons. The van der Waals surface area contributed by atoms with Crippen LogP contribution in [0.3, 0.4) is 0 Å². The molecule has 0 bridgehead atoms. The van der Waals surface area contributed by atoms with Crippen LogP contribution >= 0.6 is 11.6 Å². The molecule has 1 heterocycles. The molecular formula is C17H16ClN3O6S. The molecule has 0 atom stereocenters. The lowest BCUT2D eigenvalue weighted by molar-refractivity contribution is -0.384. The van der Waals surface area contributed by atoms with Crippen LogP contribution in [0.15, 0.2) is 36.4 Å². The Balaban J connectivity index is 1.95. The minimum atomic E-state index is -3.40. The molecule has 0 unspecified atom stereocenters. The van der Waals surface area contributed by atoms with Crippen LogP contribution < -0.4 is 14.4 Å². The first-order valence-corrected chi connectivity index (χ1v) is 10.2. The van der Waals surface area contributed by atoms with Gasteiger partial charge in [-0.1, -0.05) is 11.6 Å². The maximum absolute atomic E-state index is 12.6. The number of benzene rings is 2. The highest BCUT2D eigenvalue weighted by molar-refractivity contribution is 7.93. The molecule has 9 nitrogen and oxygen atoms in total. The van der Waals surface area contributed by atoms with E-state index in [1.54, 1.807) is 6.07 Å². The van der Waals surface area contributed by atoms with E-state index in [0.717, 1.165) is 6.07 Å². The van der Waals surface area contributed by atoms with E-state index in [1.807, 2.05) is 0 Å². The Bertz CT molecular complexity index is 1060. The van der Waals surface area contributed by atoms with E-state index in [-0.39, 0.29) is 27.7 Å². The number of hydrogen-bond donors (Lipinski definition) is 1. The lowest BCUT2D eigenvalue weighted by Gasteiger charge is -2.19. The minimum Gasteiger partial charge on any atom is -0.495 e. The molecular weight excluding hydrogens is 410 g/mol. The monoisotopic (exact) mass is 425 g/mol. The number of ether oxygens (including phenoxy) is 1. The number of carbonyl (C=O) groups excluding carboxylic acids is 1. The molecule has 1 fully saturated rings. The van der Waals surface area contributed by atoms with Gasteiger partial charge in [0.1, 0.15) is 5.75 Å². The Labute approximate surface area is 166 Å². The SMILES string of the molecule is COc1ccc(N2CCCS2(=O)=O)cc1NC(=O)c1cc([N+](=O)[O-])ccc1Cl. The molecule has 3 rings (SSSR count). The van der Waals surface area contributed by atoms with Crippen LogP contribution in [0.5, 0.6) is 5.75 Å². The molecule has 0 aromatic heterocycles. The Hall–Kier alpha value is -2.85. The first-order valence-electron chi connectivity index (χ1n) is 8.16. The number of amides is 1. The highest BCUT2D eigenvalue weighted by Crippen LogP contribution is 2.33. The van der Waals surface area contributed by atoms with E-state index in [4.69, 9.17) is 16.3 Å². The van der Waals surface area contributed by atoms with Crippen LogP contribution in [0.25, 0.3) is 0 Å². The van der Waals surface area contributed by atoms with E-state index in [1.165, 1.54) is 35.7 Å². The van der Waals surface area contributed by atoms with Crippen molar-refractivity contribution in [2.75, 3.05) is 29.0 Å². The van der Waals surface area contributed by atoms with Crippen LogP contribution in [0.1, 0.15) is 16.8 Å². The number of nitro groups is 1. The molecule has 1 aliphatic heterocycles. The van der Waals surface area contributed by atoms with E-state index in [9.17, 15) is 23.3 Å². The van der Waals surface area contributed by atoms with Crippen molar-refractivity contribution in [2.24, 2.45) is 0 Å². The van der Waals surface area contributed by atoms with Gasteiger partial charge in [0.2, 0.25) is 10.0 Å². The number of sulfonamides is 1. The summed E-state index contributed by atoms with van der Waals surface area (Å²) in [5.74, 6) is -0.326. The van der Waals surface area contributed by atoms with Crippen LogP contribution in [0, 0.1) is 10.1 Å². The quantitative estimate of drug-likeness (QED) is 0.580. The molecule has 0 radical (unpaired) electrons. The van der Waals surface area contributed by atoms with Gasteiger partial charge >= 0.3 is 0 Å². The number of methoxy groups -OCH3 is 1. The first-order chi connectivity index (χ1) is 13.2. The molecule has 11 heteroatoms. The van der Waals surface area contributed by atoms with Crippen molar-refractivity contribution in [1.29, 1.82) is 0 Å². The van der Waals surface area contributed by atoms with Gasteiger partial charge < -0.3 is 10.1 Å². The zero-order chi connectivity index (χ0) is 20.5. The summed E-state index contributed by atoms with van der Waals surface area (Å²) in [4.78, 5) is 22.9. The summed E-state index contributed by atoms with van der Waals surface area (Å²) in [6, 6.07) is 8.12. The molecule has 0 spiro atoms. The van der Waals surface area contributed by atoms with Crippen molar-refractivity contribution in [1.82, 2.24) is 0 Å². The zero-order valence-electron chi connectivity index (χ0n) is 14.7. The molecule has 0 saturated carbocycles. The summed E-state index contributed by atoms with van der Waals surface area (Å²) in [5, 5.41) is 13.6. The predicted octanol–water partition coefficient (Wildman–Crippen LogP) is 3.05. The number of hydrogen-bond acceptors (Lipinski definition) is 6. The number of carbonyl (C=O) groups is 1. The summed E-state index contributed by atoms with van der Waals surface area (Å²) in [6.07, 6.45) is 0.513. The van der Waals surface area contributed by atoms with Crippen molar-refractivity contribution in [3.05, 3.63) is 57.1 Å². The second kappa shape index (κ2) is 7.64. The van der Waals surface area contributed by atoms with Crippen molar-refractivity contribution in [3.63, 3.8) is 0 Å². The summed E-state index contributed by atoms with van der Waals surface area (Å²) < 4.78 is 30.8. The lowest BCUT2D eigenvalue weighted by Crippen LogP contribution is -2.25. The number of non-ortho nitro benzene ring substituents is 1. The third kappa shape index (κ3) is 3.87. The Morgan fingerprint density at radius 2 is 2.04 bits per heavy atom. The maximum atomic E-state index is 12.6. The average molecular weight is 426 g/mol. The zero-order valence-corrected chi connectivity index (χ0v) is 16.3. The molecule has 1 amide bonds. The van der Waals surface area contributed by atoms with Crippen molar-refractivity contribution < 1.29 is 22.9 Å². The van der Waals surface area contributed by atoms with Crippen LogP contribution in [0.4, 0.5) is 17.1 Å². The fourth-order valence-electron chi connectivity index (χ4n) is 2.87. The maximum Gasteiger partial charge on any atom is 0.270 e. The number of anilines is 2. The predicted molar refractivity (Wildman–Crippen MR) is 105 cm³/mol. The normalized spacial score (nSPS) is 15.3. The van der Waals surface area contributed by atoms with E-state index < -0.39 is 20.9 Å². The van der Waals surface area contributed by atoms with Gasteiger partial charge in [-0.2, -0.15) is 0 Å². The summed E-state index contributed by atoms with van der Waals surface area (Å²) in [7, 11) is -1.99. The van der Waals surface area contributed by atoms with Gasteiger partial charge in [0.15, 0.2) is 0 Å². The first kappa shape index (κ1) is 19.9. The van der Waals surface area contributed by atoms with Crippen molar-refractivity contribution in [2.45, 2.75) is 6.42 Å². The second-order valence-corrected chi connectivity index (χ2v) is 8.42. The number of rotatable bonds is 5. The Morgan fingerprint density at radius 1 is 1.29 bits per heavy atom.